The van der Waals surface area contributed by atoms with Crippen LogP contribution in [0.3, 0.4) is 0 Å². The molecule has 0 aliphatic carbocycles. The maximum atomic E-state index is 6.22. The maximum absolute atomic E-state index is 6.22. The van der Waals surface area contributed by atoms with Gasteiger partial charge in [-0.2, -0.15) is 0 Å². The lowest BCUT2D eigenvalue weighted by atomic mass is 10.1. The second-order valence-corrected chi connectivity index (χ2v) is 5.13. The van der Waals surface area contributed by atoms with Gasteiger partial charge in [-0.1, -0.05) is 41.9 Å². The first kappa shape index (κ1) is 13.8. The molecule has 0 bridgehead atoms. The average molecular weight is 299 g/mol. The van der Waals surface area contributed by atoms with Crippen LogP contribution in [-0.4, -0.2) is 14.8 Å². The third-order valence-corrected chi connectivity index (χ3v) is 3.85. The highest BCUT2D eigenvalue weighted by Crippen LogP contribution is 2.29. The van der Waals surface area contributed by atoms with E-state index in [1.54, 1.807) is 0 Å². The Morgan fingerprint density at radius 1 is 1.05 bits per heavy atom. The summed E-state index contributed by atoms with van der Waals surface area (Å²) in [5.74, 6) is 1.47. The minimum Gasteiger partial charge on any atom is -0.324 e. The standard InChI is InChI=1S/C16H15ClN4/c1-11-13(8-5-9-14(11)17)16-20-19-15(10-18)21(16)12-6-3-2-4-7-12/h2-9H,10,18H2,1H3. The summed E-state index contributed by atoms with van der Waals surface area (Å²) < 4.78 is 1.97. The number of benzene rings is 2. The van der Waals surface area contributed by atoms with Gasteiger partial charge < -0.3 is 5.73 Å². The largest absolute Gasteiger partial charge is 0.324 e. The smallest absolute Gasteiger partial charge is 0.168 e. The number of aromatic nitrogens is 3. The molecular formula is C16H15ClN4. The Kier molecular flexibility index (Phi) is 3.73. The molecule has 0 fully saturated rings. The topological polar surface area (TPSA) is 56.7 Å². The van der Waals surface area contributed by atoms with E-state index in [1.807, 2.05) is 60.0 Å². The van der Waals surface area contributed by atoms with Crippen molar-refractivity contribution < 1.29 is 0 Å². The fourth-order valence-electron chi connectivity index (χ4n) is 2.32. The van der Waals surface area contributed by atoms with Gasteiger partial charge in [-0.05, 0) is 30.7 Å². The van der Waals surface area contributed by atoms with Gasteiger partial charge in [0.25, 0.3) is 0 Å². The van der Waals surface area contributed by atoms with Crippen LogP contribution in [0.2, 0.25) is 5.02 Å². The SMILES string of the molecule is Cc1c(Cl)cccc1-c1nnc(CN)n1-c1ccccc1. The van der Waals surface area contributed by atoms with Crippen LogP contribution in [-0.2, 0) is 6.54 Å². The third-order valence-electron chi connectivity index (χ3n) is 3.44. The van der Waals surface area contributed by atoms with Crippen molar-refractivity contribution in [2.45, 2.75) is 13.5 Å². The molecule has 1 heterocycles. The van der Waals surface area contributed by atoms with Crippen molar-refractivity contribution >= 4 is 11.6 Å². The second kappa shape index (κ2) is 5.68. The van der Waals surface area contributed by atoms with Crippen LogP contribution in [0.5, 0.6) is 0 Å². The van der Waals surface area contributed by atoms with Gasteiger partial charge in [0.05, 0.1) is 6.54 Å². The van der Waals surface area contributed by atoms with Gasteiger partial charge in [-0.15, -0.1) is 10.2 Å². The number of nitrogens with zero attached hydrogens (tertiary/aromatic N) is 3. The predicted octanol–water partition coefficient (Wildman–Crippen LogP) is 3.35. The highest BCUT2D eigenvalue weighted by atomic mass is 35.5. The zero-order chi connectivity index (χ0) is 14.8. The van der Waals surface area contributed by atoms with E-state index in [-0.39, 0.29) is 0 Å². The summed E-state index contributed by atoms with van der Waals surface area (Å²) in [6.07, 6.45) is 0. The zero-order valence-electron chi connectivity index (χ0n) is 11.6. The average Bonchev–Trinajstić information content (AvgIpc) is 2.94. The van der Waals surface area contributed by atoms with Crippen LogP contribution >= 0.6 is 11.6 Å². The molecule has 0 spiro atoms. The van der Waals surface area contributed by atoms with Gasteiger partial charge in [0, 0.05) is 16.3 Å². The Hall–Kier alpha value is -2.17. The van der Waals surface area contributed by atoms with Gasteiger partial charge in [-0.3, -0.25) is 4.57 Å². The Morgan fingerprint density at radius 3 is 2.52 bits per heavy atom. The summed E-state index contributed by atoms with van der Waals surface area (Å²) in [7, 11) is 0. The van der Waals surface area contributed by atoms with Gasteiger partial charge in [0.2, 0.25) is 0 Å². The van der Waals surface area contributed by atoms with E-state index >= 15 is 0 Å². The molecule has 106 valence electrons. The van der Waals surface area contributed by atoms with Gasteiger partial charge in [0.15, 0.2) is 11.6 Å². The van der Waals surface area contributed by atoms with E-state index in [9.17, 15) is 0 Å². The van der Waals surface area contributed by atoms with Crippen molar-refractivity contribution in [2.24, 2.45) is 5.73 Å². The fraction of sp³-hybridized carbons (Fsp3) is 0.125. The molecule has 2 N–H and O–H groups in total. The maximum Gasteiger partial charge on any atom is 0.168 e. The number of nitrogens with two attached hydrogens (primary N) is 1. The Morgan fingerprint density at radius 2 is 1.81 bits per heavy atom. The van der Waals surface area contributed by atoms with Crippen LogP contribution in [0.1, 0.15) is 11.4 Å². The normalized spacial score (nSPS) is 10.8. The summed E-state index contributed by atoms with van der Waals surface area (Å²) in [5.41, 5.74) is 8.72. The number of halogens is 1. The predicted molar refractivity (Wildman–Crippen MR) is 84.4 cm³/mol. The lowest BCUT2D eigenvalue weighted by Crippen LogP contribution is -2.08. The molecular weight excluding hydrogens is 284 g/mol. The van der Waals surface area contributed by atoms with Crippen molar-refractivity contribution in [1.82, 2.24) is 14.8 Å². The minimum absolute atomic E-state index is 0.321. The molecule has 4 nitrogen and oxygen atoms in total. The van der Waals surface area contributed by atoms with E-state index in [1.165, 1.54) is 0 Å². The molecule has 0 aliphatic heterocycles. The zero-order valence-corrected chi connectivity index (χ0v) is 12.4. The quantitative estimate of drug-likeness (QED) is 0.806. The van der Waals surface area contributed by atoms with Gasteiger partial charge >= 0.3 is 0 Å². The van der Waals surface area contributed by atoms with Crippen molar-refractivity contribution in [3.8, 4) is 17.1 Å². The van der Waals surface area contributed by atoms with Gasteiger partial charge in [0.1, 0.15) is 0 Å². The van der Waals surface area contributed by atoms with Crippen LogP contribution < -0.4 is 5.73 Å². The minimum atomic E-state index is 0.321. The number of rotatable bonds is 3. The molecule has 5 heteroatoms. The molecule has 0 atom stereocenters. The molecule has 21 heavy (non-hydrogen) atoms. The van der Waals surface area contributed by atoms with Crippen molar-refractivity contribution in [3.63, 3.8) is 0 Å². The number of para-hydroxylation sites is 1. The lowest BCUT2D eigenvalue weighted by molar-refractivity contribution is 0.861. The van der Waals surface area contributed by atoms with Crippen molar-refractivity contribution in [1.29, 1.82) is 0 Å². The Balaban J connectivity index is 2.25. The van der Waals surface area contributed by atoms with Crippen molar-refractivity contribution in [3.05, 3.63) is 64.9 Å². The molecule has 1 aromatic heterocycles. The highest BCUT2D eigenvalue weighted by Gasteiger charge is 2.16. The number of hydrogen-bond donors (Lipinski definition) is 1. The summed E-state index contributed by atoms with van der Waals surface area (Å²) in [4.78, 5) is 0. The molecule has 0 aliphatic rings. The molecule has 3 aromatic rings. The summed E-state index contributed by atoms with van der Waals surface area (Å²) in [6.45, 7) is 2.30. The van der Waals surface area contributed by atoms with Gasteiger partial charge in [-0.25, -0.2) is 0 Å². The molecule has 0 saturated heterocycles. The fourth-order valence-corrected chi connectivity index (χ4v) is 2.50. The first-order chi connectivity index (χ1) is 10.2. The van der Waals surface area contributed by atoms with Crippen molar-refractivity contribution in [2.75, 3.05) is 0 Å². The molecule has 0 amide bonds. The third kappa shape index (κ3) is 2.44. The van der Waals surface area contributed by atoms with Crippen LogP contribution in [0.25, 0.3) is 17.1 Å². The summed E-state index contributed by atoms with van der Waals surface area (Å²) in [6, 6.07) is 15.7. The molecule has 0 unspecified atom stereocenters. The van der Waals surface area contributed by atoms with Crippen LogP contribution in [0.15, 0.2) is 48.5 Å². The van der Waals surface area contributed by atoms with E-state index in [0.29, 0.717) is 11.6 Å². The van der Waals surface area contributed by atoms with E-state index in [2.05, 4.69) is 10.2 Å². The van der Waals surface area contributed by atoms with E-state index in [4.69, 9.17) is 17.3 Å². The monoisotopic (exact) mass is 298 g/mol. The lowest BCUT2D eigenvalue weighted by Gasteiger charge is -2.11. The Bertz CT molecular complexity index is 765. The molecule has 0 radical (unpaired) electrons. The first-order valence-corrected chi connectivity index (χ1v) is 7.05. The molecule has 2 aromatic carbocycles. The molecule has 0 saturated carbocycles. The molecule has 3 rings (SSSR count). The highest BCUT2D eigenvalue weighted by molar-refractivity contribution is 6.31. The van der Waals surface area contributed by atoms with Crippen LogP contribution in [0.4, 0.5) is 0 Å². The Labute approximate surface area is 128 Å². The van der Waals surface area contributed by atoms with E-state index < -0.39 is 0 Å². The van der Waals surface area contributed by atoms with E-state index in [0.717, 1.165) is 28.5 Å². The summed E-state index contributed by atoms with van der Waals surface area (Å²) in [5, 5.41) is 9.23. The number of hydrogen-bond acceptors (Lipinski definition) is 3. The van der Waals surface area contributed by atoms with Crippen LogP contribution in [0, 0.1) is 6.92 Å². The first-order valence-electron chi connectivity index (χ1n) is 6.67. The second-order valence-electron chi connectivity index (χ2n) is 4.73. The summed E-state index contributed by atoms with van der Waals surface area (Å²) >= 11 is 6.22.